The smallest absolute Gasteiger partial charge is 0.0346 e. The number of anilines is 2. The van der Waals surface area contributed by atoms with E-state index in [2.05, 4.69) is 11.1 Å². The summed E-state index contributed by atoms with van der Waals surface area (Å²) in [5, 5.41) is 0. The maximum Gasteiger partial charge on any atom is 0.0346 e. The molecule has 0 unspecified atom stereocenters. The Morgan fingerprint density at radius 2 is 0.950 bits per heavy atom. The summed E-state index contributed by atoms with van der Waals surface area (Å²) >= 11 is 0. The van der Waals surface area contributed by atoms with Crippen molar-refractivity contribution in [2.24, 2.45) is 0 Å². The molecule has 0 saturated heterocycles. The Bertz CT molecular complexity index is 655. The molecule has 0 amide bonds. The predicted molar refractivity (Wildman–Crippen MR) is 83.9 cm³/mol. The molecule has 4 N–H and O–H groups in total. The first-order valence-electron chi connectivity index (χ1n) is 6.39. The summed E-state index contributed by atoms with van der Waals surface area (Å²) in [4.78, 5) is 4.32. The van der Waals surface area contributed by atoms with Gasteiger partial charge in [0.2, 0.25) is 0 Å². The van der Waals surface area contributed by atoms with Gasteiger partial charge in [0.15, 0.2) is 0 Å². The van der Waals surface area contributed by atoms with Crippen LogP contribution in [-0.2, 0) is 0 Å². The molecule has 0 bridgehead atoms. The van der Waals surface area contributed by atoms with Gasteiger partial charge in [-0.05, 0) is 41.5 Å². The first-order valence-corrected chi connectivity index (χ1v) is 6.39. The van der Waals surface area contributed by atoms with Crippen molar-refractivity contribution in [1.82, 2.24) is 4.98 Å². The zero-order valence-corrected chi connectivity index (χ0v) is 11.0. The summed E-state index contributed by atoms with van der Waals surface area (Å²) in [6.07, 6.45) is 3.71. The van der Waals surface area contributed by atoms with Crippen LogP contribution < -0.4 is 11.5 Å². The largest absolute Gasteiger partial charge is 0.399 e. The van der Waals surface area contributed by atoms with Crippen molar-refractivity contribution in [2.45, 2.75) is 0 Å². The van der Waals surface area contributed by atoms with Gasteiger partial charge in [-0.3, -0.25) is 4.98 Å². The van der Waals surface area contributed by atoms with Crippen LogP contribution in [0.4, 0.5) is 11.4 Å². The van der Waals surface area contributed by atoms with Crippen LogP contribution >= 0.6 is 0 Å². The molecule has 3 rings (SSSR count). The monoisotopic (exact) mass is 261 g/mol. The Morgan fingerprint density at radius 3 is 1.35 bits per heavy atom. The van der Waals surface area contributed by atoms with Gasteiger partial charge in [-0.25, -0.2) is 0 Å². The summed E-state index contributed by atoms with van der Waals surface area (Å²) in [7, 11) is 0. The van der Waals surface area contributed by atoms with Crippen molar-refractivity contribution in [3.05, 3.63) is 67.0 Å². The van der Waals surface area contributed by atoms with Crippen molar-refractivity contribution < 1.29 is 0 Å². The van der Waals surface area contributed by atoms with E-state index in [1.165, 1.54) is 0 Å². The molecule has 1 heterocycles. The average Bonchev–Trinajstić information content (AvgIpc) is 2.49. The standard InChI is InChI=1S/C17H15N3/c18-16-5-1-12(2-6-16)14-9-15(11-20-10-14)13-3-7-17(19)8-4-13/h1-11H,18-19H2. The van der Waals surface area contributed by atoms with Crippen LogP contribution in [0.5, 0.6) is 0 Å². The maximum atomic E-state index is 5.71. The minimum absolute atomic E-state index is 0.761. The van der Waals surface area contributed by atoms with E-state index in [4.69, 9.17) is 11.5 Å². The highest BCUT2D eigenvalue weighted by Gasteiger charge is 2.02. The third kappa shape index (κ3) is 2.47. The molecule has 3 heteroatoms. The Labute approximate surface area is 117 Å². The number of nitrogens with two attached hydrogens (primary N) is 2. The van der Waals surface area contributed by atoms with Crippen LogP contribution in [-0.4, -0.2) is 4.98 Å². The molecule has 3 nitrogen and oxygen atoms in total. The Morgan fingerprint density at radius 1 is 0.550 bits per heavy atom. The molecule has 20 heavy (non-hydrogen) atoms. The van der Waals surface area contributed by atoms with E-state index in [-0.39, 0.29) is 0 Å². The Balaban J connectivity index is 2.01. The van der Waals surface area contributed by atoms with E-state index in [9.17, 15) is 0 Å². The zero-order chi connectivity index (χ0) is 13.9. The fraction of sp³-hybridized carbons (Fsp3) is 0. The van der Waals surface area contributed by atoms with Gasteiger partial charge in [0.1, 0.15) is 0 Å². The second-order valence-corrected chi connectivity index (χ2v) is 4.71. The molecule has 2 aromatic carbocycles. The van der Waals surface area contributed by atoms with E-state index in [0.717, 1.165) is 33.6 Å². The van der Waals surface area contributed by atoms with Crippen molar-refractivity contribution in [3.8, 4) is 22.3 Å². The van der Waals surface area contributed by atoms with Crippen LogP contribution in [0.1, 0.15) is 0 Å². The Kier molecular flexibility index (Phi) is 3.09. The molecular formula is C17H15N3. The number of hydrogen-bond donors (Lipinski definition) is 2. The fourth-order valence-electron chi connectivity index (χ4n) is 2.11. The lowest BCUT2D eigenvalue weighted by Gasteiger charge is -2.06. The van der Waals surface area contributed by atoms with Crippen LogP contribution in [0, 0.1) is 0 Å². The highest BCUT2D eigenvalue weighted by atomic mass is 14.6. The SMILES string of the molecule is Nc1ccc(-c2cncc(-c3ccc(N)cc3)c2)cc1. The topological polar surface area (TPSA) is 64.9 Å². The number of pyridine rings is 1. The minimum Gasteiger partial charge on any atom is -0.399 e. The van der Waals surface area contributed by atoms with Crippen molar-refractivity contribution in [3.63, 3.8) is 0 Å². The summed E-state index contributed by atoms with van der Waals surface area (Å²) in [5.41, 5.74) is 17.3. The zero-order valence-electron chi connectivity index (χ0n) is 11.0. The average molecular weight is 261 g/mol. The second kappa shape index (κ2) is 5.05. The molecule has 0 radical (unpaired) electrons. The molecule has 0 fully saturated rings. The van der Waals surface area contributed by atoms with Crippen LogP contribution in [0.3, 0.4) is 0 Å². The summed E-state index contributed by atoms with van der Waals surface area (Å²) in [5.74, 6) is 0. The number of hydrogen-bond acceptors (Lipinski definition) is 3. The Hall–Kier alpha value is -2.81. The summed E-state index contributed by atoms with van der Waals surface area (Å²) in [6.45, 7) is 0. The molecule has 98 valence electrons. The van der Waals surface area contributed by atoms with Gasteiger partial charge in [0.05, 0.1) is 0 Å². The predicted octanol–water partition coefficient (Wildman–Crippen LogP) is 3.58. The van der Waals surface area contributed by atoms with Gasteiger partial charge < -0.3 is 11.5 Å². The third-order valence-electron chi connectivity index (χ3n) is 3.23. The minimum atomic E-state index is 0.761. The molecule has 0 aliphatic heterocycles. The van der Waals surface area contributed by atoms with E-state index in [1.54, 1.807) is 0 Å². The van der Waals surface area contributed by atoms with Crippen molar-refractivity contribution in [2.75, 3.05) is 11.5 Å². The number of rotatable bonds is 2. The highest BCUT2D eigenvalue weighted by Crippen LogP contribution is 2.26. The first-order chi connectivity index (χ1) is 9.72. The molecule has 0 saturated carbocycles. The summed E-state index contributed by atoms with van der Waals surface area (Å²) < 4.78 is 0. The quantitative estimate of drug-likeness (QED) is 0.693. The maximum absolute atomic E-state index is 5.71. The van der Waals surface area contributed by atoms with Gasteiger partial charge in [-0.2, -0.15) is 0 Å². The number of aromatic nitrogens is 1. The lowest BCUT2D eigenvalue weighted by atomic mass is 10.0. The van der Waals surface area contributed by atoms with Gasteiger partial charge in [0.25, 0.3) is 0 Å². The molecule has 0 aliphatic rings. The lowest BCUT2D eigenvalue weighted by Crippen LogP contribution is -1.87. The van der Waals surface area contributed by atoms with E-state index >= 15 is 0 Å². The molecule has 3 aromatic rings. The van der Waals surface area contributed by atoms with E-state index in [1.807, 2.05) is 60.9 Å². The van der Waals surface area contributed by atoms with Crippen LogP contribution in [0.2, 0.25) is 0 Å². The first kappa shape index (κ1) is 12.2. The molecular weight excluding hydrogens is 246 g/mol. The third-order valence-corrected chi connectivity index (χ3v) is 3.23. The number of nitrogen functional groups attached to an aromatic ring is 2. The van der Waals surface area contributed by atoms with Crippen molar-refractivity contribution >= 4 is 11.4 Å². The van der Waals surface area contributed by atoms with Gasteiger partial charge in [0, 0.05) is 34.9 Å². The van der Waals surface area contributed by atoms with E-state index < -0.39 is 0 Å². The molecule has 0 spiro atoms. The second-order valence-electron chi connectivity index (χ2n) is 4.71. The molecule has 0 aliphatic carbocycles. The van der Waals surface area contributed by atoms with Gasteiger partial charge >= 0.3 is 0 Å². The fourth-order valence-corrected chi connectivity index (χ4v) is 2.11. The van der Waals surface area contributed by atoms with E-state index in [0.29, 0.717) is 0 Å². The summed E-state index contributed by atoms with van der Waals surface area (Å²) in [6, 6.07) is 17.7. The van der Waals surface area contributed by atoms with Crippen LogP contribution in [0.25, 0.3) is 22.3 Å². The number of nitrogens with zero attached hydrogens (tertiary/aromatic N) is 1. The van der Waals surface area contributed by atoms with Crippen LogP contribution in [0.15, 0.2) is 67.0 Å². The lowest BCUT2D eigenvalue weighted by molar-refractivity contribution is 1.33. The van der Waals surface area contributed by atoms with Gasteiger partial charge in [-0.1, -0.05) is 24.3 Å². The van der Waals surface area contributed by atoms with Gasteiger partial charge in [-0.15, -0.1) is 0 Å². The highest BCUT2D eigenvalue weighted by molar-refractivity contribution is 5.73. The number of benzene rings is 2. The van der Waals surface area contributed by atoms with Crippen molar-refractivity contribution in [1.29, 1.82) is 0 Å². The molecule has 1 aromatic heterocycles. The normalized spacial score (nSPS) is 10.4. The molecule has 0 atom stereocenters.